The van der Waals surface area contributed by atoms with E-state index in [0.29, 0.717) is 26.2 Å². The Morgan fingerprint density at radius 1 is 1.04 bits per heavy atom. The van der Waals surface area contributed by atoms with E-state index >= 15 is 0 Å². The molecule has 1 saturated heterocycles. The van der Waals surface area contributed by atoms with E-state index in [2.05, 4.69) is 48.5 Å². The summed E-state index contributed by atoms with van der Waals surface area (Å²) in [5.74, 6) is -0.111. The predicted molar refractivity (Wildman–Crippen MR) is 94.7 cm³/mol. The molecule has 0 N–H and O–H groups in total. The molecule has 0 aliphatic carbocycles. The molecule has 0 saturated carbocycles. The molecule has 0 bridgehead atoms. The molecule has 1 heterocycles. The van der Waals surface area contributed by atoms with Crippen LogP contribution >= 0.6 is 0 Å². The molecule has 1 fully saturated rings. The fraction of sp³-hybridized carbons (Fsp3) is 0.381. The standard InChI is InChI=1S/C21H24O3/c1-2-24-20(22)14-21(15-23-16-21)13-12-17-8-10-19(11-9-17)18-6-4-3-5-7-18/h3-11H,2,12-16H2,1H3. The molecular formula is C21H24O3. The van der Waals surface area contributed by atoms with E-state index in [4.69, 9.17) is 9.47 Å². The van der Waals surface area contributed by atoms with Crippen LogP contribution < -0.4 is 0 Å². The van der Waals surface area contributed by atoms with E-state index in [1.807, 2.05) is 13.0 Å². The fourth-order valence-corrected chi connectivity index (χ4v) is 3.15. The van der Waals surface area contributed by atoms with Crippen molar-refractivity contribution in [1.82, 2.24) is 0 Å². The molecule has 126 valence electrons. The lowest BCUT2D eigenvalue weighted by molar-refractivity contribution is -0.162. The van der Waals surface area contributed by atoms with Crippen LogP contribution in [0.4, 0.5) is 0 Å². The third kappa shape index (κ3) is 4.04. The lowest BCUT2D eigenvalue weighted by atomic mass is 9.77. The summed E-state index contributed by atoms with van der Waals surface area (Å²) in [6, 6.07) is 19.1. The molecule has 0 unspecified atom stereocenters. The minimum absolute atomic E-state index is 0.0373. The molecule has 0 atom stereocenters. The highest BCUT2D eigenvalue weighted by Gasteiger charge is 2.40. The molecule has 3 heteroatoms. The second kappa shape index (κ2) is 7.63. The largest absolute Gasteiger partial charge is 0.466 e. The number of rotatable bonds is 7. The van der Waals surface area contributed by atoms with Crippen LogP contribution in [0.1, 0.15) is 25.3 Å². The van der Waals surface area contributed by atoms with Crippen LogP contribution in [0.15, 0.2) is 54.6 Å². The Hall–Kier alpha value is -2.13. The quantitative estimate of drug-likeness (QED) is 0.714. The second-order valence-electron chi connectivity index (χ2n) is 6.54. The third-order valence-corrected chi connectivity index (χ3v) is 4.65. The van der Waals surface area contributed by atoms with Crippen LogP contribution in [0.5, 0.6) is 0 Å². The summed E-state index contributed by atoms with van der Waals surface area (Å²) in [6.07, 6.45) is 2.37. The topological polar surface area (TPSA) is 35.5 Å². The monoisotopic (exact) mass is 324 g/mol. The zero-order chi connectivity index (χ0) is 16.8. The van der Waals surface area contributed by atoms with E-state index in [1.54, 1.807) is 0 Å². The molecule has 0 radical (unpaired) electrons. The number of hydrogen-bond acceptors (Lipinski definition) is 3. The van der Waals surface area contributed by atoms with Crippen molar-refractivity contribution in [3.05, 3.63) is 60.2 Å². The van der Waals surface area contributed by atoms with Gasteiger partial charge in [-0.05, 0) is 36.5 Å². The Balaban J connectivity index is 1.59. The van der Waals surface area contributed by atoms with Crippen LogP contribution in [0.25, 0.3) is 11.1 Å². The van der Waals surface area contributed by atoms with Crippen molar-refractivity contribution >= 4 is 5.97 Å². The summed E-state index contributed by atoms with van der Waals surface area (Å²) >= 11 is 0. The summed E-state index contributed by atoms with van der Waals surface area (Å²) < 4.78 is 10.5. The van der Waals surface area contributed by atoms with Gasteiger partial charge >= 0.3 is 5.97 Å². The molecule has 2 aromatic rings. The van der Waals surface area contributed by atoms with Crippen LogP contribution in [-0.2, 0) is 20.7 Å². The van der Waals surface area contributed by atoms with Gasteiger partial charge in [0.1, 0.15) is 0 Å². The average molecular weight is 324 g/mol. The summed E-state index contributed by atoms with van der Waals surface area (Å²) in [4.78, 5) is 11.8. The summed E-state index contributed by atoms with van der Waals surface area (Å²) in [7, 11) is 0. The van der Waals surface area contributed by atoms with Gasteiger partial charge in [0.25, 0.3) is 0 Å². The molecule has 1 aliphatic heterocycles. The van der Waals surface area contributed by atoms with Gasteiger partial charge in [-0.3, -0.25) is 4.79 Å². The molecule has 3 rings (SSSR count). The molecule has 2 aromatic carbocycles. The first kappa shape index (κ1) is 16.7. The normalized spacial score (nSPS) is 15.5. The summed E-state index contributed by atoms with van der Waals surface area (Å²) in [5.41, 5.74) is 3.72. The van der Waals surface area contributed by atoms with E-state index in [0.717, 1.165) is 12.8 Å². The number of hydrogen-bond donors (Lipinski definition) is 0. The highest BCUT2D eigenvalue weighted by molar-refractivity contribution is 5.70. The lowest BCUT2D eigenvalue weighted by Gasteiger charge is -2.41. The average Bonchev–Trinajstić information content (AvgIpc) is 2.59. The number of esters is 1. The van der Waals surface area contributed by atoms with Crippen LogP contribution in [0, 0.1) is 5.41 Å². The summed E-state index contributed by atoms with van der Waals surface area (Å²) in [6.45, 7) is 3.61. The van der Waals surface area contributed by atoms with Crippen molar-refractivity contribution in [2.24, 2.45) is 5.41 Å². The third-order valence-electron chi connectivity index (χ3n) is 4.65. The number of ether oxygens (including phenoxy) is 2. The molecule has 0 aromatic heterocycles. The van der Waals surface area contributed by atoms with E-state index in [9.17, 15) is 4.79 Å². The zero-order valence-electron chi connectivity index (χ0n) is 14.2. The van der Waals surface area contributed by atoms with Gasteiger partial charge in [0.15, 0.2) is 0 Å². The predicted octanol–water partition coefficient (Wildman–Crippen LogP) is 4.26. The maximum Gasteiger partial charge on any atom is 0.306 e. The molecule has 3 nitrogen and oxygen atoms in total. The first-order valence-electron chi connectivity index (χ1n) is 8.58. The van der Waals surface area contributed by atoms with Crippen molar-refractivity contribution in [2.45, 2.75) is 26.2 Å². The zero-order valence-corrected chi connectivity index (χ0v) is 14.2. The highest BCUT2D eigenvalue weighted by atomic mass is 16.5. The maximum atomic E-state index is 11.8. The van der Waals surface area contributed by atoms with Gasteiger partial charge in [-0.1, -0.05) is 54.6 Å². The van der Waals surface area contributed by atoms with Gasteiger partial charge in [-0.25, -0.2) is 0 Å². The van der Waals surface area contributed by atoms with Crippen molar-refractivity contribution in [3.8, 4) is 11.1 Å². The van der Waals surface area contributed by atoms with Gasteiger partial charge in [-0.15, -0.1) is 0 Å². The van der Waals surface area contributed by atoms with Gasteiger partial charge < -0.3 is 9.47 Å². The van der Waals surface area contributed by atoms with E-state index < -0.39 is 0 Å². The molecular weight excluding hydrogens is 300 g/mol. The summed E-state index contributed by atoms with van der Waals surface area (Å²) in [5, 5.41) is 0. The van der Waals surface area contributed by atoms with Crippen molar-refractivity contribution in [2.75, 3.05) is 19.8 Å². The van der Waals surface area contributed by atoms with Crippen molar-refractivity contribution in [3.63, 3.8) is 0 Å². The van der Waals surface area contributed by atoms with Gasteiger partial charge in [0, 0.05) is 5.41 Å². The number of aryl methyl sites for hydroxylation is 1. The lowest BCUT2D eigenvalue weighted by Crippen LogP contribution is -2.44. The van der Waals surface area contributed by atoms with Crippen LogP contribution in [-0.4, -0.2) is 25.8 Å². The molecule has 0 spiro atoms. The number of benzene rings is 2. The first-order valence-corrected chi connectivity index (χ1v) is 8.58. The molecule has 24 heavy (non-hydrogen) atoms. The number of carbonyl (C=O) groups is 1. The van der Waals surface area contributed by atoms with Crippen molar-refractivity contribution < 1.29 is 14.3 Å². The first-order chi connectivity index (χ1) is 11.7. The maximum absolute atomic E-state index is 11.8. The SMILES string of the molecule is CCOC(=O)CC1(CCc2ccc(-c3ccccc3)cc2)COC1. The van der Waals surface area contributed by atoms with Crippen molar-refractivity contribution in [1.29, 1.82) is 0 Å². The van der Waals surface area contributed by atoms with Gasteiger partial charge in [0.2, 0.25) is 0 Å². The smallest absolute Gasteiger partial charge is 0.306 e. The minimum Gasteiger partial charge on any atom is -0.466 e. The fourth-order valence-electron chi connectivity index (χ4n) is 3.15. The van der Waals surface area contributed by atoms with E-state index in [-0.39, 0.29) is 11.4 Å². The van der Waals surface area contributed by atoms with E-state index in [1.165, 1.54) is 16.7 Å². The van der Waals surface area contributed by atoms with Gasteiger partial charge in [0.05, 0.1) is 26.2 Å². The minimum atomic E-state index is -0.111. The van der Waals surface area contributed by atoms with Crippen LogP contribution in [0.3, 0.4) is 0 Å². The number of carbonyl (C=O) groups excluding carboxylic acids is 1. The Morgan fingerprint density at radius 2 is 1.71 bits per heavy atom. The molecule has 1 aliphatic rings. The Kier molecular flexibility index (Phi) is 5.31. The Morgan fingerprint density at radius 3 is 2.29 bits per heavy atom. The van der Waals surface area contributed by atoms with Gasteiger partial charge in [-0.2, -0.15) is 0 Å². The Labute approximate surface area is 143 Å². The molecule has 0 amide bonds. The van der Waals surface area contributed by atoms with Crippen LogP contribution in [0.2, 0.25) is 0 Å². The second-order valence-corrected chi connectivity index (χ2v) is 6.54. The Bertz CT molecular complexity index is 657. The highest BCUT2D eigenvalue weighted by Crippen LogP contribution is 2.37.